The highest BCUT2D eigenvalue weighted by molar-refractivity contribution is 8.00. The maximum atomic E-state index is 12.9. The molecule has 1 saturated heterocycles. The monoisotopic (exact) mass is 499 g/mol. The van der Waals surface area contributed by atoms with Crippen molar-refractivity contribution in [2.45, 2.75) is 54.8 Å². The molecule has 0 aliphatic carbocycles. The molecule has 2 N–H and O–H groups in total. The number of H-pyrrole nitrogens is 1. The summed E-state index contributed by atoms with van der Waals surface area (Å²) in [7, 11) is -3.56. The van der Waals surface area contributed by atoms with Gasteiger partial charge in [0.1, 0.15) is 0 Å². The molecule has 4 rings (SSSR count). The van der Waals surface area contributed by atoms with E-state index in [1.54, 1.807) is 25.1 Å². The lowest BCUT2D eigenvalue weighted by Crippen LogP contribution is -2.35. The highest BCUT2D eigenvalue weighted by Crippen LogP contribution is 2.26. The number of piperidine rings is 1. The van der Waals surface area contributed by atoms with E-state index in [0.717, 1.165) is 31.2 Å². The minimum atomic E-state index is -3.56. The van der Waals surface area contributed by atoms with Gasteiger partial charge in [-0.1, -0.05) is 55.4 Å². The molecule has 0 radical (unpaired) electrons. The molecule has 34 heavy (non-hydrogen) atoms. The van der Waals surface area contributed by atoms with E-state index >= 15 is 0 Å². The van der Waals surface area contributed by atoms with Crippen molar-refractivity contribution >= 4 is 33.4 Å². The Hall–Kier alpha value is -2.69. The van der Waals surface area contributed by atoms with E-state index in [-0.39, 0.29) is 10.8 Å². The normalized spacial score (nSPS) is 15.7. The maximum absolute atomic E-state index is 12.9. The second-order valence-corrected chi connectivity index (χ2v) is 11.5. The Morgan fingerprint density at radius 3 is 2.59 bits per heavy atom. The van der Waals surface area contributed by atoms with Gasteiger partial charge in [0.2, 0.25) is 21.1 Å². The molecule has 0 saturated carbocycles. The van der Waals surface area contributed by atoms with Gasteiger partial charge in [0.15, 0.2) is 5.82 Å². The van der Waals surface area contributed by atoms with E-state index in [2.05, 4.69) is 39.6 Å². The summed E-state index contributed by atoms with van der Waals surface area (Å²) in [5.41, 5.74) is 2.62. The van der Waals surface area contributed by atoms with Gasteiger partial charge < -0.3 is 5.32 Å². The number of hydrogen-bond acceptors (Lipinski definition) is 6. The molecule has 1 aromatic heterocycles. The van der Waals surface area contributed by atoms with Gasteiger partial charge in [-0.05, 0) is 49.9 Å². The number of sulfonamides is 1. The average Bonchev–Trinajstić information content (AvgIpc) is 3.33. The lowest BCUT2D eigenvalue weighted by atomic mass is 10.1. The molecule has 0 spiro atoms. The quantitative estimate of drug-likeness (QED) is 0.447. The highest BCUT2D eigenvalue weighted by Gasteiger charge is 2.26. The van der Waals surface area contributed by atoms with Crippen LogP contribution in [0.3, 0.4) is 0 Å². The molecule has 8 nitrogen and oxygen atoms in total. The zero-order valence-electron chi connectivity index (χ0n) is 19.3. The standard InChI is InChI=1S/C24H29N5O3S2/c1-3-18-10-12-19(13-11-18)22-26-24(28-27-22)33-17(2)23(30)25-20-8-7-9-21(16-20)34(31,32)29-14-5-4-6-15-29/h7-13,16-17H,3-6,14-15H2,1-2H3,(H,25,30)(H,26,27,28). The Kier molecular flexibility index (Phi) is 7.70. The van der Waals surface area contributed by atoms with Crippen LogP contribution in [0.4, 0.5) is 5.69 Å². The van der Waals surface area contributed by atoms with Crippen LogP contribution in [0.25, 0.3) is 11.4 Å². The van der Waals surface area contributed by atoms with E-state index < -0.39 is 15.3 Å². The molecule has 3 aromatic rings. The van der Waals surface area contributed by atoms with Gasteiger partial charge in [0.25, 0.3) is 0 Å². The first-order chi connectivity index (χ1) is 16.4. The van der Waals surface area contributed by atoms with Crippen LogP contribution in [-0.4, -0.2) is 52.2 Å². The van der Waals surface area contributed by atoms with Gasteiger partial charge in [0, 0.05) is 24.3 Å². The van der Waals surface area contributed by atoms with E-state index in [0.29, 0.717) is 29.8 Å². The van der Waals surface area contributed by atoms with Crippen LogP contribution < -0.4 is 5.32 Å². The molecular formula is C24H29N5O3S2. The maximum Gasteiger partial charge on any atom is 0.243 e. The van der Waals surface area contributed by atoms with Crippen molar-refractivity contribution in [1.82, 2.24) is 19.5 Å². The summed E-state index contributed by atoms with van der Waals surface area (Å²) in [6, 6.07) is 14.5. The summed E-state index contributed by atoms with van der Waals surface area (Å²) < 4.78 is 27.4. The second kappa shape index (κ2) is 10.7. The molecule has 1 unspecified atom stereocenters. The highest BCUT2D eigenvalue weighted by atomic mass is 32.2. The van der Waals surface area contributed by atoms with Crippen molar-refractivity contribution in [2.24, 2.45) is 0 Å². The third-order valence-corrected chi connectivity index (χ3v) is 8.66. The van der Waals surface area contributed by atoms with Crippen LogP contribution in [0.2, 0.25) is 0 Å². The molecule has 0 bridgehead atoms. The molecule has 180 valence electrons. The third kappa shape index (κ3) is 5.68. The fraction of sp³-hybridized carbons (Fsp3) is 0.375. The fourth-order valence-corrected chi connectivity index (χ4v) is 6.06. The van der Waals surface area contributed by atoms with Crippen LogP contribution in [0.5, 0.6) is 0 Å². The summed E-state index contributed by atoms with van der Waals surface area (Å²) in [5, 5.41) is 9.96. The molecule has 1 atom stereocenters. The molecule has 10 heteroatoms. The summed E-state index contributed by atoms with van der Waals surface area (Å²) in [5.74, 6) is 0.393. The summed E-state index contributed by atoms with van der Waals surface area (Å²) in [6.07, 6.45) is 3.77. The Morgan fingerprint density at radius 1 is 1.15 bits per heavy atom. The number of carbonyl (C=O) groups is 1. The zero-order valence-corrected chi connectivity index (χ0v) is 21.0. The molecule has 1 aliphatic rings. The Balaban J connectivity index is 1.39. The minimum Gasteiger partial charge on any atom is -0.325 e. The van der Waals surface area contributed by atoms with Crippen molar-refractivity contribution in [1.29, 1.82) is 0 Å². The Labute approximate surface area is 204 Å². The summed E-state index contributed by atoms with van der Waals surface area (Å²) in [4.78, 5) is 17.5. The third-order valence-electron chi connectivity index (χ3n) is 5.81. The number of aromatic amines is 1. The Bertz CT molecular complexity index is 1240. The van der Waals surface area contributed by atoms with Crippen LogP contribution in [0, 0.1) is 0 Å². The van der Waals surface area contributed by atoms with E-state index in [4.69, 9.17) is 0 Å². The number of benzene rings is 2. The zero-order chi connectivity index (χ0) is 24.1. The van der Waals surface area contributed by atoms with Gasteiger partial charge in [0.05, 0.1) is 10.1 Å². The first kappa shape index (κ1) is 24.4. The topological polar surface area (TPSA) is 108 Å². The molecule has 2 heterocycles. The molecule has 1 fully saturated rings. The summed E-state index contributed by atoms with van der Waals surface area (Å²) in [6.45, 7) is 4.94. The largest absolute Gasteiger partial charge is 0.325 e. The number of aryl methyl sites for hydroxylation is 1. The predicted octanol–water partition coefficient (Wildman–Crippen LogP) is 4.33. The van der Waals surface area contributed by atoms with Crippen molar-refractivity contribution < 1.29 is 13.2 Å². The van der Waals surface area contributed by atoms with Gasteiger partial charge in [-0.3, -0.25) is 9.89 Å². The smallest absolute Gasteiger partial charge is 0.243 e. The van der Waals surface area contributed by atoms with E-state index in [9.17, 15) is 13.2 Å². The number of thioether (sulfide) groups is 1. The lowest BCUT2D eigenvalue weighted by molar-refractivity contribution is -0.115. The number of nitrogens with one attached hydrogen (secondary N) is 2. The second-order valence-electron chi connectivity index (χ2n) is 8.26. The van der Waals surface area contributed by atoms with Crippen molar-refractivity contribution in [2.75, 3.05) is 18.4 Å². The van der Waals surface area contributed by atoms with E-state index in [1.165, 1.54) is 27.7 Å². The number of amides is 1. The number of rotatable bonds is 8. The number of nitrogens with zero attached hydrogens (tertiary/aromatic N) is 3. The molecule has 1 amide bonds. The fourth-order valence-electron chi connectivity index (χ4n) is 3.77. The van der Waals surface area contributed by atoms with Crippen molar-refractivity contribution in [3.8, 4) is 11.4 Å². The van der Waals surface area contributed by atoms with Crippen LogP contribution >= 0.6 is 11.8 Å². The SMILES string of the molecule is CCc1ccc(-c2nc(SC(C)C(=O)Nc3cccc(S(=O)(=O)N4CCCCC4)c3)n[nH]2)cc1. The number of hydrogen-bond donors (Lipinski definition) is 2. The number of anilines is 1. The molecular weight excluding hydrogens is 470 g/mol. The van der Waals surface area contributed by atoms with Crippen LogP contribution in [-0.2, 0) is 21.2 Å². The van der Waals surface area contributed by atoms with Crippen LogP contribution in [0.1, 0.15) is 38.7 Å². The van der Waals surface area contributed by atoms with Gasteiger partial charge in [-0.2, -0.15) is 4.31 Å². The van der Waals surface area contributed by atoms with Gasteiger partial charge in [-0.15, -0.1) is 5.10 Å². The number of carbonyl (C=O) groups excluding carboxylic acids is 1. The van der Waals surface area contributed by atoms with E-state index in [1.807, 2.05) is 12.1 Å². The lowest BCUT2D eigenvalue weighted by Gasteiger charge is -2.26. The first-order valence-corrected chi connectivity index (χ1v) is 13.8. The minimum absolute atomic E-state index is 0.195. The first-order valence-electron chi connectivity index (χ1n) is 11.5. The van der Waals surface area contributed by atoms with Crippen molar-refractivity contribution in [3.05, 3.63) is 54.1 Å². The Morgan fingerprint density at radius 2 is 1.88 bits per heavy atom. The van der Waals surface area contributed by atoms with Crippen molar-refractivity contribution in [3.63, 3.8) is 0 Å². The molecule has 2 aromatic carbocycles. The van der Waals surface area contributed by atoms with Crippen LogP contribution in [0.15, 0.2) is 58.6 Å². The number of aromatic nitrogens is 3. The molecule has 1 aliphatic heterocycles. The average molecular weight is 500 g/mol. The predicted molar refractivity (Wildman–Crippen MR) is 134 cm³/mol. The van der Waals surface area contributed by atoms with Gasteiger partial charge in [-0.25, -0.2) is 13.4 Å². The van der Waals surface area contributed by atoms with Gasteiger partial charge >= 0.3 is 0 Å². The summed E-state index contributed by atoms with van der Waals surface area (Å²) >= 11 is 1.23.